The molecule has 0 spiro atoms. The number of hydrogen-bond donors (Lipinski definition) is 1. The largest absolute Gasteiger partial charge is 0.356 e. The maximum atomic E-state index is 4.52. The molecule has 1 heterocycles. The third-order valence-electron chi connectivity index (χ3n) is 3.39. The second-order valence-electron chi connectivity index (χ2n) is 5.71. The average molecular weight is 235 g/mol. The molecule has 96 valence electrons. The first-order chi connectivity index (χ1) is 7.86. The lowest BCUT2D eigenvalue weighted by Crippen LogP contribution is -2.39. The van der Waals surface area contributed by atoms with Gasteiger partial charge in [-0.05, 0) is 31.0 Å². The summed E-state index contributed by atoms with van der Waals surface area (Å²) in [5.74, 6) is 1.03. The smallest absolute Gasteiger partial charge is 0.128 e. The summed E-state index contributed by atoms with van der Waals surface area (Å²) in [5.41, 5.74) is 1.47. The summed E-state index contributed by atoms with van der Waals surface area (Å²) in [4.78, 5) is 6.76. The lowest BCUT2D eigenvalue weighted by molar-refractivity contribution is 0.328. The van der Waals surface area contributed by atoms with Crippen molar-refractivity contribution in [3.8, 4) is 0 Å². The van der Waals surface area contributed by atoms with Gasteiger partial charge in [0.1, 0.15) is 5.82 Å². The Kier molecular flexibility index (Phi) is 4.52. The molecule has 3 nitrogen and oxygen atoms in total. The number of rotatable bonds is 4. The third-order valence-corrected chi connectivity index (χ3v) is 3.39. The maximum Gasteiger partial charge on any atom is 0.128 e. The lowest BCUT2D eigenvalue weighted by atomic mass is 9.87. The van der Waals surface area contributed by atoms with Crippen LogP contribution in [0.5, 0.6) is 0 Å². The standard InChI is InChI=1S/C14H25N3/c1-11(14(2,3)4)17(6)13-8-7-12(9-15-5)10-16-13/h7-8,10-11,15H,9H2,1-6H3. The number of nitrogens with one attached hydrogen (secondary N) is 1. The van der Waals surface area contributed by atoms with Crippen LogP contribution in [0.2, 0.25) is 0 Å². The Morgan fingerprint density at radius 2 is 2.00 bits per heavy atom. The zero-order valence-corrected chi connectivity index (χ0v) is 11.9. The third kappa shape index (κ3) is 3.70. The summed E-state index contributed by atoms with van der Waals surface area (Å²) < 4.78 is 0. The van der Waals surface area contributed by atoms with Crippen molar-refractivity contribution >= 4 is 5.82 Å². The van der Waals surface area contributed by atoms with Gasteiger partial charge in [0.15, 0.2) is 0 Å². The van der Waals surface area contributed by atoms with E-state index in [2.05, 4.69) is 62.1 Å². The molecule has 1 unspecified atom stereocenters. The van der Waals surface area contributed by atoms with Crippen molar-refractivity contribution < 1.29 is 0 Å². The van der Waals surface area contributed by atoms with E-state index in [0.29, 0.717) is 6.04 Å². The van der Waals surface area contributed by atoms with E-state index in [4.69, 9.17) is 0 Å². The minimum Gasteiger partial charge on any atom is -0.356 e. The van der Waals surface area contributed by atoms with Crippen molar-refractivity contribution in [2.75, 3.05) is 19.0 Å². The highest BCUT2D eigenvalue weighted by molar-refractivity contribution is 5.39. The van der Waals surface area contributed by atoms with Crippen LogP contribution in [0.15, 0.2) is 18.3 Å². The Morgan fingerprint density at radius 3 is 2.41 bits per heavy atom. The average Bonchev–Trinajstić information content (AvgIpc) is 2.27. The summed E-state index contributed by atoms with van der Waals surface area (Å²) in [5, 5.41) is 3.13. The van der Waals surface area contributed by atoms with E-state index in [9.17, 15) is 0 Å². The maximum absolute atomic E-state index is 4.52. The molecule has 1 atom stereocenters. The number of aromatic nitrogens is 1. The van der Waals surface area contributed by atoms with E-state index in [0.717, 1.165) is 12.4 Å². The van der Waals surface area contributed by atoms with Crippen molar-refractivity contribution in [1.29, 1.82) is 0 Å². The first kappa shape index (κ1) is 14.0. The van der Waals surface area contributed by atoms with E-state index in [-0.39, 0.29) is 5.41 Å². The van der Waals surface area contributed by atoms with Crippen LogP contribution in [-0.4, -0.2) is 25.1 Å². The Balaban J connectivity index is 2.79. The van der Waals surface area contributed by atoms with E-state index in [1.807, 2.05) is 13.2 Å². The highest BCUT2D eigenvalue weighted by Crippen LogP contribution is 2.26. The fourth-order valence-electron chi connectivity index (χ4n) is 1.71. The van der Waals surface area contributed by atoms with Crippen LogP contribution in [0.25, 0.3) is 0 Å². The SMILES string of the molecule is CNCc1ccc(N(C)C(C)C(C)(C)C)nc1. The van der Waals surface area contributed by atoms with Gasteiger partial charge >= 0.3 is 0 Å². The predicted molar refractivity (Wildman–Crippen MR) is 74.3 cm³/mol. The van der Waals surface area contributed by atoms with Crippen LogP contribution in [0.4, 0.5) is 5.82 Å². The fourth-order valence-corrected chi connectivity index (χ4v) is 1.71. The molecule has 0 aliphatic carbocycles. The van der Waals surface area contributed by atoms with Gasteiger partial charge < -0.3 is 10.2 Å². The molecule has 0 fully saturated rings. The summed E-state index contributed by atoms with van der Waals surface area (Å²) in [6.07, 6.45) is 1.94. The number of hydrogen-bond acceptors (Lipinski definition) is 3. The van der Waals surface area contributed by atoms with Crippen molar-refractivity contribution in [2.45, 2.75) is 40.3 Å². The van der Waals surface area contributed by atoms with E-state index >= 15 is 0 Å². The zero-order valence-electron chi connectivity index (χ0n) is 11.9. The highest BCUT2D eigenvalue weighted by Gasteiger charge is 2.24. The monoisotopic (exact) mass is 235 g/mol. The van der Waals surface area contributed by atoms with Gasteiger partial charge in [-0.15, -0.1) is 0 Å². The van der Waals surface area contributed by atoms with Crippen molar-refractivity contribution in [3.05, 3.63) is 23.9 Å². The molecular formula is C14H25N3. The Morgan fingerprint density at radius 1 is 1.35 bits per heavy atom. The molecule has 1 aromatic rings. The van der Waals surface area contributed by atoms with Crippen molar-refractivity contribution in [1.82, 2.24) is 10.3 Å². The van der Waals surface area contributed by atoms with E-state index < -0.39 is 0 Å². The molecule has 17 heavy (non-hydrogen) atoms. The second kappa shape index (κ2) is 5.50. The normalized spacial score (nSPS) is 13.5. The van der Waals surface area contributed by atoms with E-state index in [1.165, 1.54) is 5.56 Å². The number of anilines is 1. The molecular weight excluding hydrogens is 210 g/mol. The van der Waals surface area contributed by atoms with Crippen LogP contribution in [0, 0.1) is 5.41 Å². The molecule has 0 aromatic carbocycles. The highest BCUT2D eigenvalue weighted by atomic mass is 15.2. The fraction of sp³-hybridized carbons (Fsp3) is 0.643. The summed E-state index contributed by atoms with van der Waals surface area (Å²) >= 11 is 0. The Labute approximate surface area is 105 Å². The van der Waals surface area contributed by atoms with E-state index in [1.54, 1.807) is 0 Å². The van der Waals surface area contributed by atoms with Gasteiger partial charge in [0, 0.05) is 25.8 Å². The molecule has 0 bridgehead atoms. The molecule has 3 heteroatoms. The van der Waals surface area contributed by atoms with Gasteiger partial charge in [0.2, 0.25) is 0 Å². The van der Waals surface area contributed by atoms with Crippen LogP contribution >= 0.6 is 0 Å². The molecule has 0 saturated heterocycles. The second-order valence-corrected chi connectivity index (χ2v) is 5.71. The molecule has 1 rings (SSSR count). The first-order valence-electron chi connectivity index (χ1n) is 6.18. The quantitative estimate of drug-likeness (QED) is 0.869. The zero-order chi connectivity index (χ0) is 13.1. The topological polar surface area (TPSA) is 28.2 Å². The minimum absolute atomic E-state index is 0.250. The molecule has 0 saturated carbocycles. The molecule has 0 aliphatic heterocycles. The van der Waals surface area contributed by atoms with Crippen molar-refractivity contribution in [3.63, 3.8) is 0 Å². The summed E-state index contributed by atoms with van der Waals surface area (Å²) in [6, 6.07) is 4.67. The van der Waals surface area contributed by atoms with Crippen molar-refractivity contribution in [2.24, 2.45) is 5.41 Å². The van der Waals surface area contributed by atoms with Gasteiger partial charge in [0.25, 0.3) is 0 Å². The predicted octanol–water partition coefficient (Wildman–Crippen LogP) is 2.67. The molecule has 1 N–H and O–H groups in total. The molecule has 0 amide bonds. The van der Waals surface area contributed by atoms with Gasteiger partial charge in [-0.1, -0.05) is 26.8 Å². The number of nitrogens with zero attached hydrogens (tertiary/aromatic N) is 2. The van der Waals surface area contributed by atoms with Crippen LogP contribution in [0.3, 0.4) is 0 Å². The summed E-state index contributed by atoms with van der Waals surface area (Å²) in [6.45, 7) is 9.87. The van der Waals surface area contributed by atoms with Crippen LogP contribution in [-0.2, 0) is 6.54 Å². The van der Waals surface area contributed by atoms with Gasteiger partial charge in [-0.2, -0.15) is 0 Å². The Bertz CT molecular complexity index is 337. The molecule has 0 radical (unpaired) electrons. The van der Waals surface area contributed by atoms with Crippen LogP contribution in [0.1, 0.15) is 33.3 Å². The molecule has 1 aromatic heterocycles. The van der Waals surface area contributed by atoms with Crippen LogP contribution < -0.4 is 10.2 Å². The summed E-state index contributed by atoms with van der Waals surface area (Å²) in [7, 11) is 4.05. The van der Waals surface area contributed by atoms with Gasteiger partial charge in [-0.25, -0.2) is 4.98 Å². The van der Waals surface area contributed by atoms with Gasteiger partial charge in [0.05, 0.1) is 0 Å². The first-order valence-corrected chi connectivity index (χ1v) is 6.18. The van der Waals surface area contributed by atoms with Gasteiger partial charge in [-0.3, -0.25) is 0 Å². The number of pyridine rings is 1. The minimum atomic E-state index is 0.250. The Hall–Kier alpha value is -1.09. The lowest BCUT2D eigenvalue weighted by Gasteiger charge is -2.36. The molecule has 0 aliphatic rings.